The summed E-state index contributed by atoms with van der Waals surface area (Å²) < 4.78 is 5.69. The lowest BCUT2D eigenvalue weighted by atomic mass is 10.1. The van der Waals surface area contributed by atoms with Crippen molar-refractivity contribution in [3.8, 4) is 5.75 Å². The predicted molar refractivity (Wildman–Crippen MR) is 81.5 cm³/mol. The molecule has 1 atom stereocenters. The third-order valence-corrected chi connectivity index (χ3v) is 3.27. The first-order valence-electron chi connectivity index (χ1n) is 6.39. The van der Waals surface area contributed by atoms with E-state index in [-0.39, 0.29) is 18.3 Å². The lowest BCUT2D eigenvalue weighted by Gasteiger charge is -2.14. The van der Waals surface area contributed by atoms with Gasteiger partial charge in [-0.15, -0.1) is 0 Å². The van der Waals surface area contributed by atoms with Gasteiger partial charge >= 0.3 is 0 Å². The predicted octanol–water partition coefficient (Wildman–Crippen LogP) is 3.85. The highest BCUT2D eigenvalue weighted by atomic mass is 35.5. The number of hydrogen-bond donors (Lipinski definition) is 1. The van der Waals surface area contributed by atoms with Crippen molar-refractivity contribution >= 4 is 17.3 Å². The molecule has 0 saturated carbocycles. The fourth-order valence-corrected chi connectivity index (χ4v) is 2.14. The van der Waals surface area contributed by atoms with Crippen molar-refractivity contribution in [2.75, 3.05) is 0 Å². The molecular weight excluding hydrogens is 292 g/mol. The number of nitrogens with two attached hydrogens (primary N) is 1. The lowest BCUT2D eigenvalue weighted by Crippen LogP contribution is -2.08. The van der Waals surface area contributed by atoms with Gasteiger partial charge in [0.05, 0.1) is 10.5 Å². The van der Waals surface area contributed by atoms with E-state index in [0.29, 0.717) is 16.3 Å². The largest absolute Gasteiger partial charge is 0.488 e. The maximum absolute atomic E-state index is 11.0. The average Bonchev–Trinajstić information content (AvgIpc) is 2.46. The molecule has 2 aromatic rings. The number of nitro groups is 1. The van der Waals surface area contributed by atoms with Crippen molar-refractivity contribution in [1.29, 1.82) is 0 Å². The third-order valence-electron chi connectivity index (χ3n) is 3.04. The van der Waals surface area contributed by atoms with Gasteiger partial charge in [-0.1, -0.05) is 29.8 Å². The Morgan fingerprint density at radius 2 is 2.05 bits per heavy atom. The Hall–Kier alpha value is -2.11. The van der Waals surface area contributed by atoms with E-state index in [1.165, 1.54) is 6.07 Å². The van der Waals surface area contributed by atoms with Crippen molar-refractivity contribution in [1.82, 2.24) is 0 Å². The van der Waals surface area contributed by atoms with Gasteiger partial charge in [-0.25, -0.2) is 0 Å². The van der Waals surface area contributed by atoms with E-state index >= 15 is 0 Å². The molecule has 2 N–H and O–H groups in total. The maximum Gasteiger partial charge on any atom is 0.277 e. The summed E-state index contributed by atoms with van der Waals surface area (Å²) in [5, 5.41) is 11.4. The molecule has 2 aromatic carbocycles. The Bertz CT molecular complexity index is 659. The number of nitrogens with zero attached hydrogens (tertiary/aromatic N) is 1. The second-order valence-corrected chi connectivity index (χ2v) is 5.08. The summed E-state index contributed by atoms with van der Waals surface area (Å²) in [4.78, 5) is 10.6. The van der Waals surface area contributed by atoms with E-state index < -0.39 is 4.92 Å². The molecule has 0 fully saturated rings. The Morgan fingerprint density at radius 1 is 1.33 bits per heavy atom. The van der Waals surface area contributed by atoms with Gasteiger partial charge in [0.2, 0.25) is 0 Å². The van der Waals surface area contributed by atoms with Crippen molar-refractivity contribution in [3.63, 3.8) is 0 Å². The molecule has 5 nitrogen and oxygen atoms in total. The standard InChI is InChI=1S/C15H15ClN2O3/c1-10(17)13-4-2-3-5-15(13)21-9-11-6-7-12(16)8-14(11)18(19)20/h2-8,10H,9,17H2,1H3/t10-/m1/s1. The van der Waals surface area contributed by atoms with Crippen LogP contribution in [-0.2, 0) is 6.61 Å². The number of hydrogen-bond acceptors (Lipinski definition) is 4. The highest BCUT2D eigenvalue weighted by Crippen LogP contribution is 2.27. The first-order valence-corrected chi connectivity index (χ1v) is 6.77. The van der Waals surface area contributed by atoms with Crippen LogP contribution in [0.1, 0.15) is 24.1 Å². The van der Waals surface area contributed by atoms with E-state index in [4.69, 9.17) is 22.1 Å². The van der Waals surface area contributed by atoms with Crippen molar-refractivity contribution in [2.24, 2.45) is 5.73 Å². The number of rotatable bonds is 5. The van der Waals surface area contributed by atoms with Gasteiger partial charge in [0.15, 0.2) is 0 Å². The number of para-hydroxylation sites is 1. The molecule has 0 aliphatic carbocycles. The zero-order chi connectivity index (χ0) is 15.4. The molecule has 6 heteroatoms. The molecule has 0 spiro atoms. The van der Waals surface area contributed by atoms with Crippen molar-refractivity contribution in [3.05, 3.63) is 68.7 Å². The van der Waals surface area contributed by atoms with Crippen LogP contribution in [0, 0.1) is 10.1 Å². The molecule has 21 heavy (non-hydrogen) atoms. The summed E-state index contributed by atoms with van der Waals surface area (Å²) in [7, 11) is 0. The summed E-state index contributed by atoms with van der Waals surface area (Å²) >= 11 is 5.78. The molecule has 0 aromatic heterocycles. The van der Waals surface area contributed by atoms with Gasteiger partial charge in [0.1, 0.15) is 12.4 Å². The van der Waals surface area contributed by atoms with Gasteiger partial charge in [0.25, 0.3) is 5.69 Å². The smallest absolute Gasteiger partial charge is 0.277 e. The lowest BCUT2D eigenvalue weighted by molar-refractivity contribution is -0.385. The van der Waals surface area contributed by atoms with Gasteiger partial charge in [-0.3, -0.25) is 10.1 Å². The molecule has 0 bridgehead atoms. The SMILES string of the molecule is C[C@@H](N)c1ccccc1OCc1ccc(Cl)cc1[N+](=O)[O-]. The Balaban J connectivity index is 2.23. The zero-order valence-electron chi connectivity index (χ0n) is 11.5. The first-order chi connectivity index (χ1) is 9.99. The second kappa shape index (κ2) is 6.56. The normalized spacial score (nSPS) is 12.0. The Morgan fingerprint density at radius 3 is 2.71 bits per heavy atom. The molecular formula is C15H15ClN2O3. The Kier molecular flexibility index (Phi) is 4.77. The summed E-state index contributed by atoms with van der Waals surface area (Å²) in [5.41, 5.74) is 7.14. The van der Waals surface area contributed by atoms with Crippen LogP contribution in [0.2, 0.25) is 5.02 Å². The minimum absolute atomic E-state index is 0.0548. The van der Waals surface area contributed by atoms with E-state index in [2.05, 4.69) is 0 Å². The van der Waals surface area contributed by atoms with Gasteiger partial charge in [0, 0.05) is 22.7 Å². The molecule has 0 unspecified atom stereocenters. The van der Waals surface area contributed by atoms with Crippen molar-refractivity contribution in [2.45, 2.75) is 19.6 Å². The van der Waals surface area contributed by atoms with Crippen LogP contribution in [0.3, 0.4) is 0 Å². The van der Waals surface area contributed by atoms with Crippen LogP contribution in [0.5, 0.6) is 5.75 Å². The van der Waals surface area contributed by atoms with Crippen LogP contribution in [0.25, 0.3) is 0 Å². The van der Waals surface area contributed by atoms with Crippen LogP contribution < -0.4 is 10.5 Å². The zero-order valence-corrected chi connectivity index (χ0v) is 12.2. The first kappa shape index (κ1) is 15.3. The van der Waals surface area contributed by atoms with Gasteiger partial charge < -0.3 is 10.5 Å². The highest BCUT2D eigenvalue weighted by Gasteiger charge is 2.15. The number of nitro benzene ring substituents is 1. The summed E-state index contributed by atoms with van der Waals surface area (Å²) in [6.07, 6.45) is 0. The number of halogens is 1. The number of ether oxygens (including phenoxy) is 1. The highest BCUT2D eigenvalue weighted by molar-refractivity contribution is 6.30. The summed E-state index contributed by atoms with van der Waals surface area (Å²) in [6, 6.07) is 11.7. The average molecular weight is 307 g/mol. The molecule has 2 rings (SSSR count). The quantitative estimate of drug-likeness (QED) is 0.672. The maximum atomic E-state index is 11.0. The van der Waals surface area contributed by atoms with Gasteiger partial charge in [-0.05, 0) is 25.1 Å². The molecule has 0 aliphatic rings. The summed E-state index contributed by atoms with van der Waals surface area (Å²) in [5.74, 6) is 0.622. The minimum atomic E-state index is -0.470. The molecule has 0 amide bonds. The van der Waals surface area contributed by atoms with Crippen LogP contribution in [0.4, 0.5) is 5.69 Å². The molecule has 0 saturated heterocycles. The summed E-state index contributed by atoms with van der Waals surface area (Å²) in [6.45, 7) is 1.93. The van der Waals surface area contributed by atoms with Crippen LogP contribution in [0.15, 0.2) is 42.5 Å². The molecule has 0 radical (unpaired) electrons. The van der Waals surface area contributed by atoms with Crippen LogP contribution in [-0.4, -0.2) is 4.92 Å². The molecule has 110 valence electrons. The van der Waals surface area contributed by atoms with E-state index in [9.17, 15) is 10.1 Å². The van der Waals surface area contributed by atoms with Gasteiger partial charge in [-0.2, -0.15) is 0 Å². The van der Waals surface area contributed by atoms with E-state index in [1.54, 1.807) is 18.2 Å². The third kappa shape index (κ3) is 3.71. The molecule has 0 aliphatic heterocycles. The fourth-order valence-electron chi connectivity index (χ4n) is 1.97. The fraction of sp³-hybridized carbons (Fsp3) is 0.200. The van der Waals surface area contributed by atoms with E-state index in [0.717, 1.165) is 5.56 Å². The van der Waals surface area contributed by atoms with Crippen LogP contribution >= 0.6 is 11.6 Å². The minimum Gasteiger partial charge on any atom is -0.488 e. The van der Waals surface area contributed by atoms with Crippen molar-refractivity contribution < 1.29 is 9.66 Å². The monoisotopic (exact) mass is 306 g/mol. The second-order valence-electron chi connectivity index (χ2n) is 4.65. The Labute approximate surface area is 127 Å². The van der Waals surface area contributed by atoms with E-state index in [1.807, 2.05) is 25.1 Å². The molecule has 0 heterocycles. The number of benzene rings is 2. The topological polar surface area (TPSA) is 78.4 Å².